The van der Waals surface area contributed by atoms with E-state index in [1.165, 1.54) is 12.1 Å². The lowest BCUT2D eigenvalue weighted by Crippen LogP contribution is -2.20. The molecule has 3 rings (SSSR count). The highest BCUT2D eigenvalue weighted by molar-refractivity contribution is 9.10. The number of hydrogen-bond acceptors (Lipinski definition) is 2. The Labute approximate surface area is 123 Å². The second kappa shape index (κ2) is 5.14. The molecule has 0 spiro atoms. The SMILES string of the molecule is O[C@@H]1CC(c2ccc(F)cc2F)Oc2cc(Br)ccc21. The quantitative estimate of drug-likeness (QED) is 0.839. The summed E-state index contributed by atoms with van der Waals surface area (Å²) in [4.78, 5) is 0. The fourth-order valence-corrected chi connectivity index (χ4v) is 2.71. The first kappa shape index (κ1) is 13.5. The second-order valence-electron chi connectivity index (χ2n) is 4.71. The molecule has 1 heterocycles. The molecule has 2 aromatic rings. The first-order valence-electron chi connectivity index (χ1n) is 6.13. The van der Waals surface area contributed by atoms with Crippen molar-refractivity contribution in [2.75, 3.05) is 0 Å². The average molecular weight is 341 g/mol. The molecule has 1 aliphatic heterocycles. The van der Waals surface area contributed by atoms with Crippen molar-refractivity contribution >= 4 is 15.9 Å². The van der Waals surface area contributed by atoms with Crippen molar-refractivity contribution in [2.24, 2.45) is 0 Å². The molecule has 0 bridgehead atoms. The van der Waals surface area contributed by atoms with Gasteiger partial charge < -0.3 is 9.84 Å². The molecular weight excluding hydrogens is 330 g/mol. The van der Waals surface area contributed by atoms with Gasteiger partial charge in [0.15, 0.2) is 0 Å². The fourth-order valence-electron chi connectivity index (χ4n) is 2.37. The Morgan fingerprint density at radius 2 is 1.85 bits per heavy atom. The van der Waals surface area contributed by atoms with Gasteiger partial charge in [-0.2, -0.15) is 0 Å². The molecule has 1 unspecified atom stereocenters. The standard InChI is InChI=1S/C15H11BrF2O2/c16-8-1-3-11-13(19)7-15(20-14(11)5-8)10-4-2-9(17)6-12(10)18/h1-6,13,15,19H,7H2/t13-,15?/m1/s1. The van der Waals surface area contributed by atoms with Crippen LogP contribution >= 0.6 is 15.9 Å². The van der Waals surface area contributed by atoms with Crippen molar-refractivity contribution < 1.29 is 18.6 Å². The predicted octanol–water partition coefficient (Wildman–Crippen LogP) is 4.28. The van der Waals surface area contributed by atoms with Crippen molar-refractivity contribution in [3.05, 3.63) is 63.6 Å². The maximum atomic E-state index is 13.8. The summed E-state index contributed by atoms with van der Waals surface area (Å²) in [7, 11) is 0. The maximum Gasteiger partial charge on any atom is 0.133 e. The number of rotatable bonds is 1. The van der Waals surface area contributed by atoms with E-state index in [4.69, 9.17) is 4.74 Å². The van der Waals surface area contributed by atoms with E-state index < -0.39 is 23.8 Å². The maximum absolute atomic E-state index is 13.8. The van der Waals surface area contributed by atoms with Crippen molar-refractivity contribution in [3.8, 4) is 5.75 Å². The molecule has 0 aromatic heterocycles. The molecule has 2 atom stereocenters. The van der Waals surface area contributed by atoms with Gasteiger partial charge in [-0.05, 0) is 24.3 Å². The van der Waals surface area contributed by atoms with E-state index in [0.717, 1.165) is 10.5 Å². The van der Waals surface area contributed by atoms with Crippen LogP contribution in [0, 0.1) is 11.6 Å². The summed E-state index contributed by atoms with van der Waals surface area (Å²) >= 11 is 3.33. The number of aliphatic hydroxyl groups excluding tert-OH is 1. The summed E-state index contributed by atoms with van der Waals surface area (Å²) in [5, 5.41) is 10.1. The van der Waals surface area contributed by atoms with Gasteiger partial charge in [0.2, 0.25) is 0 Å². The van der Waals surface area contributed by atoms with E-state index in [2.05, 4.69) is 15.9 Å². The minimum absolute atomic E-state index is 0.233. The molecule has 0 aliphatic carbocycles. The highest BCUT2D eigenvalue weighted by atomic mass is 79.9. The lowest BCUT2D eigenvalue weighted by atomic mass is 9.95. The van der Waals surface area contributed by atoms with Crippen molar-refractivity contribution in [2.45, 2.75) is 18.6 Å². The third-order valence-corrected chi connectivity index (χ3v) is 3.84. The van der Waals surface area contributed by atoms with Crippen LogP contribution in [0.4, 0.5) is 8.78 Å². The molecule has 0 amide bonds. The highest BCUT2D eigenvalue weighted by Gasteiger charge is 2.29. The van der Waals surface area contributed by atoms with Gasteiger partial charge in [-0.1, -0.05) is 22.0 Å². The molecule has 1 N–H and O–H groups in total. The van der Waals surface area contributed by atoms with Gasteiger partial charge in [-0.3, -0.25) is 0 Å². The van der Waals surface area contributed by atoms with Crippen LogP contribution in [0.1, 0.15) is 29.8 Å². The lowest BCUT2D eigenvalue weighted by molar-refractivity contribution is 0.0639. The minimum atomic E-state index is -0.735. The largest absolute Gasteiger partial charge is 0.485 e. The van der Waals surface area contributed by atoms with Crippen LogP contribution in [0.25, 0.3) is 0 Å². The number of benzene rings is 2. The molecular formula is C15H11BrF2O2. The summed E-state index contributed by atoms with van der Waals surface area (Å²) in [5.41, 5.74) is 0.919. The minimum Gasteiger partial charge on any atom is -0.485 e. The zero-order valence-electron chi connectivity index (χ0n) is 10.3. The third kappa shape index (κ3) is 2.43. The third-order valence-electron chi connectivity index (χ3n) is 3.35. The van der Waals surface area contributed by atoms with E-state index in [9.17, 15) is 13.9 Å². The van der Waals surface area contributed by atoms with E-state index in [1.807, 2.05) is 6.07 Å². The van der Waals surface area contributed by atoms with Crippen molar-refractivity contribution in [1.82, 2.24) is 0 Å². The first-order valence-corrected chi connectivity index (χ1v) is 6.93. The van der Waals surface area contributed by atoms with Gasteiger partial charge >= 0.3 is 0 Å². The highest BCUT2D eigenvalue weighted by Crippen LogP contribution is 2.42. The van der Waals surface area contributed by atoms with Gasteiger partial charge in [0, 0.05) is 28.1 Å². The second-order valence-corrected chi connectivity index (χ2v) is 5.62. The van der Waals surface area contributed by atoms with Crippen molar-refractivity contribution in [3.63, 3.8) is 0 Å². The van der Waals surface area contributed by atoms with Crippen LogP contribution in [-0.2, 0) is 0 Å². The molecule has 5 heteroatoms. The molecule has 20 heavy (non-hydrogen) atoms. The topological polar surface area (TPSA) is 29.5 Å². The lowest BCUT2D eigenvalue weighted by Gasteiger charge is -2.30. The van der Waals surface area contributed by atoms with E-state index >= 15 is 0 Å². The smallest absolute Gasteiger partial charge is 0.133 e. The number of halogens is 3. The van der Waals surface area contributed by atoms with Crippen LogP contribution in [0.5, 0.6) is 5.75 Å². The van der Waals surface area contributed by atoms with Crippen LogP contribution in [-0.4, -0.2) is 5.11 Å². The Morgan fingerprint density at radius 3 is 2.60 bits per heavy atom. The summed E-state index contributed by atoms with van der Waals surface area (Å²) in [6.45, 7) is 0. The Bertz CT molecular complexity index is 660. The van der Waals surface area contributed by atoms with Crippen LogP contribution in [0.3, 0.4) is 0 Å². The Morgan fingerprint density at radius 1 is 1.10 bits per heavy atom. The van der Waals surface area contributed by atoms with Crippen molar-refractivity contribution in [1.29, 1.82) is 0 Å². The predicted molar refractivity (Wildman–Crippen MR) is 73.4 cm³/mol. The van der Waals surface area contributed by atoms with Gasteiger partial charge in [-0.15, -0.1) is 0 Å². The monoisotopic (exact) mass is 340 g/mol. The summed E-state index contributed by atoms with van der Waals surface area (Å²) < 4.78 is 33.3. The number of aliphatic hydroxyl groups is 1. The van der Waals surface area contributed by atoms with E-state index in [1.54, 1.807) is 12.1 Å². The number of fused-ring (bicyclic) bond motifs is 1. The molecule has 1 aliphatic rings. The number of hydrogen-bond donors (Lipinski definition) is 1. The molecule has 0 fully saturated rings. The molecule has 2 nitrogen and oxygen atoms in total. The van der Waals surface area contributed by atoms with Gasteiger partial charge in [0.05, 0.1) is 6.10 Å². The van der Waals surface area contributed by atoms with Gasteiger partial charge in [0.1, 0.15) is 23.5 Å². The summed E-state index contributed by atoms with van der Waals surface area (Å²) in [6.07, 6.45) is -1.13. The molecule has 0 saturated heterocycles. The van der Waals surface area contributed by atoms with Crippen LogP contribution in [0.15, 0.2) is 40.9 Å². The van der Waals surface area contributed by atoms with Gasteiger partial charge in [-0.25, -0.2) is 8.78 Å². The molecule has 0 radical (unpaired) electrons. The zero-order valence-corrected chi connectivity index (χ0v) is 11.9. The molecule has 104 valence electrons. The Kier molecular flexibility index (Phi) is 3.48. The first-order chi connectivity index (χ1) is 9.54. The summed E-state index contributed by atoms with van der Waals surface area (Å²) in [6, 6.07) is 8.66. The fraction of sp³-hybridized carbons (Fsp3) is 0.200. The van der Waals surface area contributed by atoms with Crippen LogP contribution < -0.4 is 4.74 Å². The van der Waals surface area contributed by atoms with E-state index in [-0.39, 0.29) is 12.0 Å². The Balaban J connectivity index is 1.98. The summed E-state index contributed by atoms with van der Waals surface area (Å²) in [5.74, 6) is -0.793. The average Bonchev–Trinajstić information content (AvgIpc) is 2.37. The molecule has 0 saturated carbocycles. The van der Waals surface area contributed by atoms with Gasteiger partial charge in [0.25, 0.3) is 0 Å². The normalized spacial score (nSPS) is 21.2. The number of ether oxygens (including phenoxy) is 1. The van der Waals surface area contributed by atoms with E-state index in [0.29, 0.717) is 11.3 Å². The Hall–Kier alpha value is -1.46. The molecule has 2 aromatic carbocycles. The zero-order chi connectivity index (χ0) is 14.3. The van der Waals surface area contributed by atoms with Crippen LogP contribution in [0.2, 0.25) is 0 Å².